The van der Waals surface area contributed by atoms with Crippen LogP contribution in [-0.2, 0) is 0 Å². The number of rotatable bonds is 9. The van der Waals surface area contributed by atoms with Crippen molar-refractivity contribution in [3.8, 4) is 100 Å². The molecule has 1 atom stereocenters. The van der Waals surface area contributed by atoms with Crippen molar-refractivity contribution in [3.05, 3.63) is 289 Å². The van der Waals surface area contributed by atoms with Gasteiger partial charge in [0.2, 0.25) is 0 Å². The molecule has 0 fully saturated rings. The van der Waals surface area contributed by atoms with Crippen LogP contribution in [0.5, 0.6) is 0 Å². The third-order valence-corrected chi connectivity index (χ3v) is 14.1. The SMILES string of the molecule is Cc1ccc(-c2c(-c3ccccc3)c(-c3ccccc3)c(-c3ccc(C)cc3)c3c2-c2c(-c4ccccc4)c(-c4ccccc4)c(-c4ccccc4)c(-c4ccccc4)c2C3c2ccccc2)cc1. The van der Waals surface area contributed by atoms with E-state index in [9.17, 15) is 0 Å². The van der Waals surface area contributed by atoms with E-state index >= 15 is 0 Å². The van der Waals surface area contributed by atoms with Gasteiger partial charge in [0.05, 0.1) is 0 Å². The lowest BCUT2D eigenvalue weighted by molar-refractivity contribution is 1.02. The van der Waals surface area contributed by atoms with Crippen molar-refractivity contribution in [1.29, 1.82) is 0 Å². The van der Waals surface area contributed by atoms with E-state index in [1.54, 1.807) is 0 Å². The molecule has 1 aliphatic carbocycles. The van der Waals surface area contributed by atoms with E-state index in [4.69, 9.17) is 0 Å². The second-order valence-electron chi connectivity index (χ2n) is 18.3. The zero-order chi connectivity index (χ0) is 46.3. The first-order chi connectivity index (χ1) is 34.1. The Bertz CT molecular complexity index is 3580. The maximum absolute atomic E-state index is 2.37. The van der Waals surface area contributed by atoms with Gasteiger partial charge < -0.3 is 0 Å². The third kappa shape index (κ3) is 7.34. The van der Waals surface area contributed by atoms with Gasteiger partial charge in [0.15, 0.2) is 0 Å². The van der Waals surface area contributed by atoms with Crippen LogP contribution < -0.4 is 0 Å². The van der Waals surface area contributed by atoms with E-state index in [-0.39, 0.29) is 5.92 Å². The zero-order valence-corrected chi connectivity index (χ0v) is 38.9. The molecule has 0 saturated heterocycles. The molecule has 0 heterocycles. The highest BCUT2D eigenvalue weighted by atomic mass is 14.5. The van der Waals surface area contributed by atoms with Gasteiger partial charge in [-0.3, -0.25) is 0 Å². The average Bonchev–Trinajstić information content (AvgIpc) is 3.77. The molecule has 69 heavy (non-hydrogen) atoms. The minimum Gasteiger partial charge on any atom is -0.0622 e. The first kappa shape index (κ1) is 41.8. The Hall–Kier alpha value is -8.58. The second-order valence-corrected chi connectivity index (χ2v) is 18.3. The predicted octanol–water partition coefficient (Wildman–Crippen LogP) is 18.8. The van der Waals surface area contributed by atoms with Crippen LogP contribution in [0.4, 0.5) is 0 Å². The highest BCUT2D eigenvalue weighted by molar-refractivity contribution is 6.19. The summed E-state index contributed by atoms with van der Waals surface area (Å²) in [5.41, 5.74) is 28.4. The standard InChI is InChI=1S/C69H50/c1-46-38-42-55(43-39-46)63-59(50-28-14-5-15-29-50)60(51-30-16-6-17-31-51)64(56-44-40-47(2)41-45-56)69-67(63)65(54-36-22-9-23-37-54)66-61(52-32-18-7-19-33-52)57(48-24-10-3-11-25-48)58(49-26-12-4-13-27-49)62(68(66)69)53-34-20-8-21-35-53/h3-45,65H,1-2H3. The van der Waals surface area contributed by atoms with Crippen molar-refractivity contribution in [2.45, 2.75) is 19.8 Å². The fourth-order valence-corrected chi connectivity index (χ4v) is 11.2. The van der Waals surface area contributed by atoms with Crippen LogP contribution in [0.15, 0.2) is 261 Å². The smallest absolute Gasteiger partial charge is 0.0365 e. The van der Waals surface area contributed by atoms with Crippen LogP contribution in [0.2, 0.25) is 0 Å². The second kappa shape index (κ2) is 17.9. The van der Waals surface area contributed by atoms with Gasteiger partial charge in [-0.25, -0.2) is 0 Å². The zero-order valence-electron chi connectivity index (χ0n) is 38.9. The summed E-state index contributed by atoms with van der Waals surface area (Å²) in [4.78, 5) is 0. The minimum atomic E-state index is -0.172. The van der Waals surface area contributed by atoms with Crippen LogP contribution in [0.3, 0.4) is 0 Å². The van der Waals surface area contributed by atoms with Crippen molar-refractivity contribution in [2.24, 2.45) is 0 Å². The van der Waals surface area contributed by atoms with Crippen LogP contribution in [0, 0.1) is 13.8 Å². The maximum atomic E-state index is 2.37. The van der Waals surface area contributed by atoms with Gasteiger partial charge in [-0.1, -0.05) is 272 Å². The molecule has 12 rings (SSSR count). The number of benzene rings is 11. The summed E-state index contributed by atoms with van der Waals surface area (Å²) in [6, 6.07) is 97.1. The van der Waals surface area contributed by atoms with Gasteiger partial charge in [0, 0.05) is 5.92 Å². The lowest BCUT2D eigenvalue weighted by Crippen LogP contribution is -2.07. The Morgan fingerprint density at radius 3 is 0.681 bits per heavy atom. The monoisotopic (exact) mass is 878 g/mol. The van der Waals surface area contributed by atoms with Gasteiger partial charge in [-0.05, 0) is 131 Å². The Kier molecular flexibility index (Phi) is 10.9. The molecule has 326 valence electrons. The van der Waals surface area contributed by atoms with Gasteiger partial charge >= 0.3 is 0 Å². The molecule has 0 radical (unpaired) electrons. The van der Waals surface area contributed by atoms with Crippen molar-refractivity contribution in [1.82, 2.24) is 0 Å². The van der Waals surface area contributed by atoms with Crippen LogP contribution >= 0.6 is 0 Å². The molecular formula is C69H50. The van der Waals surface area contributed by atoms with Crippen molar-refractivity contribution in [2.75, 3.05) is 0 Å². The fraction of sp³-hybridized carbons (Fsp3) is 0.0435. The topological polar surface area (TPSA) is 0 Å². The third-order valence-electron chi connectivity index (χ3n) is 14.1. The van der Waals surface area contributed by atoms with Gasteiger partial charge in [0.25, 0.3) is 0 Å². The Labute approximate surface area is 406 Å². The summed E-state index contributed by atoms with van der Waals surface area (Å²) >= 11 is 0. The highest BCUT2D eigenvalue weighted by Crippen LogP contribution is 2.66. The molecular weight excluding hydrogens is 829 g/mol. The summed E-state index contributed by atoms with van der Waals surface area (Å²) in [6.07, 6.45) is 0. The van der Waals surface area contributed by atoms with E-state index < -0.39 is 0 Å². The summed E-state index contributed by atoms with van der Waals surface area (Å²) in [5, 5.41) is 0. The molecule has 0 heteroatoms. The molecule has 0 spiro atoms. The van der Waals surface area contributed by atoms with Crippen molar-refractivity contribution < 1.29 is 0 Å². The predicted molar refractivity (Wildman–Crippen MR) is 292 cm³/mol. The summed E-state index contributed by atoms with van der Waals surface area (Å²) in [7, 11) is 0. The van der Waals surface area contributed by atoms with Crippen molar-refractivity contribution in [3.63, 3.8) is 0 Å². The Balaban J connectivity index is 1.45. The number of hydrogen-bond donors (Lipinski definition) is 0. The van der Waals surface area contributed by atoms with Crippen LogP contribution in [0.25, 0.3) is 100 Å². The largest absolute Gasteiger partial charge is 0.0622 e. The summed E-state index contributed by atoms with van der Waals surface area (Å²) in [5.74, 6) is -0.172. The van der Waals surface area contributed by atoms with E-state index in [1.807, 2.05) is 0 Å². The normalized spacial score (nSPS) is 12.6. The highest BCUT2D eigenvalue weighted by Gasteiger charge is 2.44. The molecule has 1 unspecified atom stereocenters. The molecule has 11 aromatic carbocycles. The van der Waals surface area contributed by atoms with Gasteiger partial charge in [0.1, 0.15) is 0 Å². The van der Waals surface area contributed by atoms with Crippen molar-refractivity contribution >= 4 is 0 Å². The van der Waals surface area contributed by atoms with Gasteiger partial charge in [-0.15, -0.1) is 0 Å². The number of fused-ring (bicyclic) bond motifs is 3. The van der Waals surface area contributed by atoms with Gasteiger partial charge in [-0.2, -0.15) is 0 Å². The quantitative estimate of drug-likeness (QED) is 0.136. The molecule has 0 nitrogen and oxygen atoms in total. The molecule has 0 saturated carbocycles. The van der Waals surface area contributed by atoms with E-state index in [2.05, 4.69) is 275 Å². The molecule has 0 N–H and O–H groups in total. The number of aryl methyl sites for hydroxylation is 2. The lowest BCUT2D eigenvalue weighted by Gasteiger charge is -2.28. The summed E-state index contributed by atoms with van der Waals surface area (Å²) in [6.45, 7) is 4.39. The molecule has 1 aliphatic rings. The lowest BCUT2D eigenvalue weighted by atomic mass is 9.74. The molecule has 0 aliphatic heterocycles. The first-order valence-electron chi connectivity index (χ1n) is 24.1. The average molecular weight is 879 g/mol. The molecule has 0 amide bonds. The summed E-state index contributed by atoms with van der Waals surface area (Å²) < 4.78 is 0. The van der Waals surface area contributed by atoms with Crippen LogP contribution in [-0.4, -0.2) is 0 Å². The van der Waals surface area contributed by atoms with E-state index in [0.717, 1.165) is 0 Å². The van der Waals surface area contributed by atoms with E-state index in [1.165, 1.54) is 128 Å². The van der Waals surface area contributed by atoms with E-state index in [0.29, 0.717) is 0 Å². The first-order valence-corrected chi connectivity index (χ1v) is 24.1. The molecule has 0 aromatic heterocycles. The Morgan fingerprint density at radius 2 is 0.391 bits per heavy atom. The maximum Gasteiger partial charge on any atom is 0.0365 e. The number of hydrogen-bond acceptors (Lipinski definition) is 0. The Morgan fingerprint density at radius 1 is 0.188 bits per heavy atom. The minimum absolute atomic E-state index is 0.172. The van der Waals surface area contributed by atoms with Crippen LogP contribution in [0.1, 0.15) is 33.7 Å². The molecule has 0 bridgehead atoms. The fourth-order valence-electron chi connectivity index (χ4n) is 11.2. The molecule has 11 aromatic rings.